The average Bonchev–Trinajstić information content (AvgIpc) is 2.83. The molecule has 0 atom stereocenters. The Morgan fingerprint density at radius 1 is 1.14 bits per heavy atom. The van der Waals surface area contributed by atoms with Crippen LogP contribution in [0.25, 0.3) is 10.9 Å². The molecule has 2 heterocycles. The predicted molar refractivity (Wildman–Crippen MR) is 83.4 cm³/mol. The highest BCUT2D eigenvalue weighted by Gasteiger charge is 2.15. The standard InChI is InChI=1S/C15H14F2N4S/c1-8-9(2)22-12(19-8)7-18-14-10-5-3-4-6-11(10)20-15(21-14)13(16)17/h3-6,13H,7H2,1-2H3,(H,18,20,21). The monoisotopic (exact) mass is 320 g/mol. The van der Waals surface area contributed by atoms with Crippen LogP contribution in [0.4, 0.5) is 14.6 Å². The Kier molecular flexibility index (Phi) is 3.98. The molecule has 1 aromatic carbocycles. The van der Waals surface area contributed by atoms with Gasteiger partial charge in [-0.1, -0.05) is 12.1 Å². The molecule has 2 aromatic heterocycles. The maximum absolute atomic E-state index is 12.9. The molecule has 0 spiro atoms. The number of alkyl halides is 2. The smallest absolute Gasteiger partial charge is 0.297 e. The summed E-state index contributed by atoms with van der Waals surface area (Å²) < 4.78 is 25.9. The first-order valence-corrected chi connectivity index (χ1v) is 7.58. The van der Waals surface area contributed by atoms with Crippen molar-refractivity contribution in [3.8, 4) is 0 Å². The average molecular weight is 320 g/mol. The van der Waals surface area contributed by atoms with E-state index >= 15 is 0 Å². The van der Waals surface area contributed by atoms with E-state index in [0.717, 1.165) is 21.0 Å². The Morgan fingerprint density at radius 2 is 1.91 bits per heavy atom. The number of halogens is 2. The van der Waals surface area contributed by atoms with Crippen LogP contribution >= 0.6 is 11.3 Å². The SMILES string of the molecule is Cc1nc(CNc2nc(C(F)F)nc3ccccc23)sc1C. The van der Waals surface area contributed by atoms with Gasteiger partial charge in [0.2, 0.25) is 0 Å². The van der Waals surface area contributed by atoms with Gasteiger partial charge >= 0.3 is 0 Å². The number of hydrogen-bond donors (Lipinski definition) is 1. The number of nitrogens with one attached hydrogen (secondary N) is 1. The number of aryl methyl sites for hydroxylation is 2. The van der Waals surface area contributed by atoms with Crippen molar-refractivity contribution in [2.24, 2.45) is 0 Å². The molecule has 0 fully saturated rings. The van der Waals surface area contributed by atoms with E-state index in [0.29, 0.717) is 17.9 Å². The van der Waals surface area contributed by atoms with Crippen molar-refractivity contribution < 1.29 is 8.78 Å². The lowest BCUT2D eigenvalue weighted by molar-refractivity contribution is 0.141. The number of rotatable bonds is 4. The quantitative estimate of drug-likeness (QED) is 0.780. The molecular formula is C15H14F2N4S. The van der Waals surface area contributed by atoms with Crippen molar-refractivity contribution in [3.05, 3.63) is 45.7 Å². The largest absolute Gasteiger partial charge is 0.363 e. The summed E-state index contributed by atoms with van der Waals surface area (Å²) in [5.41, 5.74) is 1.49. The lowest BCUT2D eigenvalue weighted by Gasteiger charge is -2.09. The summed E-state index contributed by atoms with van der Waals surface area (Å²) in [6, 6.07) is 7.11. The molecule has 4 nitrogen and oxygen atoms in total. The summed E-state index contributed by atoms with van der Waals surface area (Å²) in [6.45, 7) is 4.40. The lowest BCUT2D eigenvalue weighted by atomic mass is 10.2. The first-order chi connectivity index (χ1) is 10.5. The lowest BCUT2D eigenvalue weighted by Crippen LogP contribution is -2.06. The van der Waals surface area contributed by atoms with Gasteiger partial charge in [-0.15, -0.1) is 11.3 Å². The number of nitrogens with zero attached hydrogens (tertiary/aromatic N) is 3. The number of para-hydroxylation sites is 1. The van der Waals surface area contributed by atoms with E-state index in [9.17, 15) is 8.78 Å². The molecule has 7 heteroatoms. The molecule has 0 amide bonds. The van der Waals surface area contributed by atoms with Gasteiger partial charge in [0.25, 0.3) is 6.43 Å². The first kappa shape index (κ1) is 14.8. The van der Waals surface area contributed by atoms with Crippen LogP contribution in [0.5, 0.6) is 0 Å². The summed E-state index contributed by atoms with van der Waals surface area (Å²) in [4.78, 5) is 13.4. The van der Waals surface area contributed by atoms with Gasteiger partial charge in [0.15, 0.2) is 5.82 Å². The summed E-state index contributed by atoms with van der Waals surface area (Å²) in [5.74, 6) is -0.0564. The minimum Gasteiger partial charge on any atom is -0.363 e. The van der Waals surface area contributed by atoms with Crippen LogP contribution in [0.1, 0.15) is 27.8 Å². The Morgan fingerprint density at radius 3 is 2.59 bits per heavy atom. The van der Waals surface area contributed by atoms with Crippen LogP contribution in [-0.4, -0.2) is 15.0 Å². The van der Waals surface area contributed by atoms with Crippen LogP contribution in [0, 0.1) is 13.8 Å². The normalized spacial score (nSPS) is 11.3. The van der Waals surface area contributed by atoms with Crippen molar-refractivity contribution in [2.75, 3.05) is 5.32 Å². The maximum atomic E-state index is 12.9. The zero-order chi connectivity index (χ0) is 15.7. The van der Waals surface area contributed by atoms with E-state index in [1.54, 1.807) is 23.5 Å². The summed E-state index contributed by atoms with van der Waals surface area (Å²) in [6.07, 6.45) is -2.70. The molecule has 114 valence electrons. The molecule has 0 aliphatic rings. The van der Waals surface area contributed by atoms with Gasteiger partial charge in [0.05, 0.1) is 17.8 Å². The van der Waals surface area contributed by atoms with Gasteiger partial charge in [-0.3, -0.25) is 0 Å². The number of aromatic nitrogens is 3. The van der Waals surface area contributed by atoms with Gasteiger partial charge in [-0.25, -0.2) is 23.7 Å². The first-order valence-electron chi connectivity index (χ1n) is 6.76. The van der Waals surface area contributed by atoms with E-state index in [1.165, 1.54) is 0 Å². The molecule has 3 rings (SSSR count). The van der Waals surface area contributed by atoms with Crippen molar-refractivity contribution >= 4 is 28.1 Å². The van der Waals surface area contributed by atoms with Gasteiger partial charge in [-0.2, -0.15) is 0 Å². The molecule has 0 bridgehead atoms. The molecular weight excluding hydrogens is 306 g/mol. The molecule has 1 N–H and O–H groups in total. The van der Waals surface area contributed by atoms with Crippen LogP contribution in [0.15, 0.2) is 24.3 Å². The Bertz CT molecular complexity index is 797. The highest BCUT2D eigenvalue weighted by molar-refractivity contribution is 7.11. The number of anilines is 1. The fourth-order valence-electron chi connectivity index (χ4n) is 2.10. The highest BCUT2D eigenvalue weighted by atomic mass is 32.1. The van der Waals surface area contributed by atoms with Crippen LogP contribution in [0.2, 0.25) is 0 Å². The van der Waals surface area contributed by atoms with Gasteiger partial charge in [-0.05, 0) is 26.0 Å². The van der Waals surface area contributed by atoms with Crippen molar-refractivity contribution in [3.63, 3.8) is 0 Å². The van der Waals surface area contributed by atoms with E-state index in [1.807, 2.05) is 26.0 Å². The zero-order valence-corrected chi connectivity index (χ0v) is 12.9. The van der Waals surface area contributed by atoms with Crippen molar-refractivity contribution in [1.29, 1.82) is 0 Å². The topological polar surface area (TPSA) is 50.7 Å². The Labute approximate surface area is 130 Å². The van der Waals surface area contributed by atoms with Gasteiger partial charge < -0.3 is 5.32 Å². The Hall–Kier alpha value is -2.15. The zero-order valence-electron chi connectivity index (χ0n) is 12.1. The van der Waals surface area contributed by atoms with Crippen LogP contribution < -0.4 is 5.32 Å². The molecule has 0 unspecified atom stereocenters. The molecule has 0 aliphatic carbocycles. The molecule has 0 saturated heterocycles. The summed E-state index contributed by atoms with van der Waals surface area (Å²) >= 11 is 1.58. The number of thiazole rings is 1. The second-order valence-electron chi connectivity index (χ2n) is 4.85. The number of benzene rings is 1. The Balaban J connectivity index is 1.94. The predicted octanol–water partition coefficient (Wildman–Crippen LogP) is 4.25. The van der Waals surface area contributed by atoms with Gasteiger partial charge in [0.1, 0.15) is 10.8 Å². The van der Waals surface area contributed by atoms with Gasteiger partial charge in [0, 0.05) is 10.3 Å². The minimum atomic E-state index is -2.70. The minimum absolute atomic E-state index is 0.409. The maximum Gasteiger partial charge on any atom is 0.297 e. The highest BCUT2D eigenvalue weighted by Crippen LogP contribution is 2.25. The van der Waals surface area contributed by atoms with E-state index < -0.39 is 12.2 Å². The van der Waals surface area contributed by atoms with E-state index in [4.69, 9.17) is 0 Å². The van der Waals surface area contributed by atoms with Crippen molar-refractivity contribution in [1.82, 2.24) is 15.0 Å². The van der Waals surface area contributed by atoms with Crippen molar-refractivity contribution in [2.45, 2.75) is 26.8 Å². The number of fused-ring (bicyclic) bond motifs is 1. The fourth-order valence-corrected chi connectivity index (χ4v) is 2.97. The third-order valence-electron chi connectivity index (χ3n) is 3.30. The van der Waals surface area contributed by atoms with E-state index in [2.05, 4.69) is 20.3 Å². The summed E-state index contributed by atoms with van der Waals surface area (Å²) in [5, 5.41) is 4.72. The van der Waals surface area contributed by atoms with E-state index in [-0.39, 0.29) is 0 Å². The third-order valence-corrected chi connectivity index (χ3v) is 4.37. The second-order valence-corrected chi connectivity index (χ2v) is 6.14. The second kappa shape index (κ2) is 5.92. The van der Waals surface area contributed by atoms with Crippen LogP contribution in [-0.2, 0) is 6.54 Å². The van der Waals surface area contributed by atoms with Crippen LogP contribution in [0.3, 0.4) is 0 Å². The summed E-state index contributed by atoms with van der Waals surface area (Å²) in [7, 11) is 0. The molecule has 22 heavy (non-hydrogen) atoms. The molecule has 0 aliphatic heterocycles. The molecule has 0 saturated carbocycles. The fraction of sp³-hybridized carbons (Fsp3) is 0.267. The third kappa shape index (κ3) is 2.89. The molecule has 3 aromatic rings. The molecule has 0 radical (unpaired) electrons. The number of hydrogen-bond acceptors (Lipinski definition) is 5.